The van der Waals surface area contributed by atoms with Crippen LogP contribution in [-0.2, 0) is 11.2 Å². The number of hydrogen-bond donors (Lipinski definition) is 1. The zero-order valence-corrected chi connectivity index (χ0v) is 9.62. The fourth-order valence-electron chi connectivity index (χ4n) is 1.27. The average molecular weight is 233 g/mol. The second-order valence-electron chi connectivity index (χ2n) is 3.34. The van der Waals surface area contributed by atoms with Crippen LogP contribution in [-0.4, -0.2) is 20.3 Å². The minimum Gasteiger partial charge on any atom is -0.286 e. The molecule has 0 atom stereocenters. The lowest BCUT2D eigenvalue weighted by Gasteiger charge is -1.97. The van der Waals surface area contributed by atoms with Crippen LogP contribution in [0.15, 0.2) is 35.5 Å². The van der Waals surface area contributed by atoms with Gasteiger partial charge in [0.1, 0.15) is 5.82 Å². The molecule has 82 valence electrons. The van der Waals surface area contributed by atoms with Crippen LogP contribution in [0.1, 0.15) is 11.4 Å². The van der Waals surface area contributed by atoms with Crippen molar-refractivity contribution in [2.24, 2.45) is 0 Å². The number of nitrogens with one attached hydrogen (secondary N) is 1. The number of rotatable bonds is 3. The molecule has 0 saturated heterocycles. The number of thioether (sulfide) groups is 1. The topological polar surface area (TPSA) is 58.6 Å². The second kappa shape index (κ2) is 4.94. The molecule has 0 amide bonds. The molecule has 1 aromatic carbocycles. The number of hydrogen-bond acceptors (Lipinski definition) is 4. The third-order valence-electron chi connectivity index (χ3n) is 1.97. The van der Waals surface area contributed by atoms with Crippen molar-refractivity contribution in [2.45, 2.75) is 18.5 Å². The maximum absolute atomic E-state index is 11.7. The Bertz CT molecular complexity index is 481. The van der Waals surface area contributed by atoms with Crippen LogP contribution in [0.4, 0.5) is 0 Å². The molecular formula is C11H11N3OS. The van der Waals surface area contributed by atoms with E-state index >= 15 is 0 Å². The summed E-state index contributed by atoms with van der Waals surface area (Å²) in [6.07, 6.45) is 0.402. The number of aromatic amines is 1. The minimum atomic E-state index is 0.0465. The standard InChI is InChI=1S/C11H11N3OS/c1-8-12-11(14-13-8)16-10(15)7-9-5-3-2-4-6-9/h2-6H,7H2,1H3,(H,12,13,14). The molecule has 0 aliphatic carbocycles. The van der Waals surface area contributed by atoms with Gasteiger partial charge in [-0.05, 0) is 24.2 Å². The molecule has 1 N–H and O–H groups in total. The first-order chi connectivity index (χ1) is 7.74. The largest absolute Gasteiger partial charge is 0.286 e. The third-order valence-corrected chi connectivity index (χ3v) is 2.71. The number of nitrogens with zero attached hydrogens (tertiary/aromatic N) is 2. The van der Waals surface area contributed by atoms with Gasteiger partial charge in [0.05, 0.1) is 0 Å². The van der Waals surface area contributed by atoms with Crippen molar-refractivity contribution in [1.82, 2.24) is 15.2 Å². The van der Waals surface area contributed by atoms with Gasteiger partial charge < -0.3 is 0 Å². The predicted molar refractivity (Wildman–Crippen MR) is 62.1 cm³/mol. The molecule has 2 rings (SSSR count). The van der Waals surface area contributed by atoms with Gasteiger partial charge in [-0.1, -0.05) is 30.3 Å². The van der Waals surface area contributed by atoms with Crippen LogP contribution in [0.5, 0.6) is 0 Å². The van der Waals surface area contributed by atoms with Gasteiger partial charge in [0.2, 0.25) is 10.3 Å². The molecule has 0 fully saturated rings. The Kier molecular flexibility index (Phi) is 3.36. The first kappa shape index (κ1) is 10.9. The fraction of sp³-hybridized carbons (Fsp3) is 0.182. The van der Waals surface area contributed by atoms with Crippen LogP contribution >= 0.6 is 11.8 Å². The highest BCUT2D eigenvalue weighted by atomic mass is 32.2. The Balaban J connectivity index is 1.95. The van der Waals surface area contributed by atoms with Crippen molar-refractivity contribution >= 4 is 16.9 Å². The number of carbonyl (C=O) groups excluding carboxylic acids is 1. The Hall–Kier alpha value is -1.62. The molecule has 0 spiro atoms. The number of carbonyl (C=O) groups is 1. The van der Waals surface area contributed by atoms with Crippen LogP contribution in [0.3, 0.4) is 0 Å². The summed E-state index contributed by atoms with van der Waals surface area (Å²) in [4.78, 5) is 15.7. The molecule has 5 heteroatoms. The van der Waals surface area contributed by atoms with Gasteiger partial charge in [-0.3, -0.25) is 9.89 Å². The van der Waals surface area contributed by atoms with Crippen LogP contribution < -0.4 is 0 Å². The Labute approximate surface area is 97.5 Å². The summed E-state index contributed by atoms with van der Waals surface area (Å²) < 4.78 is 0. The molecular weight excluding hydrogens is 222 g/mol. The summed E-state index contributed by atoms with van der Waals surface area (Å²) in [6, 6.07) is 9.64. The first-order valence-corrected chi connectivity index (χ1v) is 5.69. The molecule has 0 aliphatic rings. The zero-order valence-electron chi connectivity index (χ0n) is 8.80. The molecule has 0 saturated carbocycles. The van der Waals surface area contributed by atoms with Crippen molar-refractivity contribution in [1.29, 1.82) is 0 Å². The van der Waals surface area contributed by atoms with Gasteiger partial charge in [-0.25, -0.2) is 4.98 Å². The van der Waals surface area contributed by atoms with E-state index in [0.717, 1.165) is 23.1 Å². The molecule has 16 heavy (non-hydrogen) atoms. The van der Waals surface area contributed by atoms with Crippen LogP contribution in [0.25, 0.3) is 0 Å². The summed E-state index contributed by atoms with van der Waals surface area (Å²) in [5.41, 5.74) is 1.01. The summed E-state index contributed by atoms with van der Waals surface area (Å²) >= 11 is 1.07. The quantitative estimate of drug-likeness (QED) is 0.823. The van der Waals surface area contributed by atoms with Gasteiger partial charge in [0.15, 0.2) is 0 Å². The normalized spacial score (nSPS) is 10.3. The van der Waals surface area contributed by atoms with E-state index in [1.54, 1.807) is 6.92 Å². The summed E-state index contributed by atoms with van der Waals surface area (Å²) in [6.45, 7) is 1.80. The van der Waals surface area contributed by atoms with E-state index in [0.29, 0.717) is 11.6 Å². The van der Waals surface area contributed by atoms with Gasteiger partial charge in [-0.2, -0.15) is 0 Å². The second-order valence-corrected chi connectivity index (χ2v) is 4.36. The highest BCUT2D eigenvalue weighted by Gasteiger charge is 2.09. The summed E-state index contributed by atoms with van der Waals surface area (Å²) in [7, 11) is 0. The lowest BCUT2D eigenvalue weighted by Crippen LogP contribution is -1.97. The molecule has 1 aromatic heterocycles. The van der Waals surface area contributed by atoms with Crippen molar-refractivity contribution in [3.8, 4) is 0 Å². The van der Waals surface area contributed by atoms with Crippen molar-refractivity contribution in [2.75, 3.05) is 0 Å². The van der Waals surface area contributed by atoms with E-state index in [9.17, 15) is 4.79 Å². The van der Waals surface area contributed by atoms with E-state index in [4.69, 9.17) is 0 Å². The molecule has 0 aliphatic heterocycles. The maximum Gasteiger partial charge on any atom is 0.216 e. The predicted octanol–water partition coefficient (Wildman–Crippen LogP) is 1.97. The number of aryl methyl sites for hydroxylation is 1. The highest BCUT2D eigenvalue weighted by Crippen LogP contribution is 2.16. The number of benzene rings is 1. The van der Waals surface area contributed by atoms with E-state index in [-0.39, 0.29) is 5.12 Å². The van der Waals surface area contributed by atoms with Gasteiger partial charge >= 0.3 is 0 Å². The summed E-state index contributed by atoms with van der Waals surface area (Å²) in [5.74, 6) is 0.718. The number of aromatic nitrogens is 3. The zero-order chi connectivity index (χ0) is 11.4. The van der Waals surface area contributed by atoms with E-state index < -0.39 is 0 Å². The van der Waals surface area contributed by atoms with Gasteiger partial charge in [0.25, 0.3) is 0 Å². The van der Waals surface area contributed by atoms with Gasteiger partial charge in [0, 0.05) is 6.42 Å². The highest BCUT2D eigenvalue weighted by molar-refractivity contribution is 8.13. The van der Waals surface area contributed by atoms with E-state index in [2.05, 4.69) is 15.2 Å². The minimum absolute atomic E-state index is 0.0465. The van der Waals surface area contributed by atoms with Crippen molar-refractivity contribution in [3.05, 3.63) is 41.7 Å². The van der Waals surface area contributed by atoms with Gasteiger partial charge in [-0.15, -0.1) is 5.10 Å². The molecule has 4 nitrogen and oxygen atoms in total. The monoisotopic (exact) mass is 233 g/mol. The van der Waals surface area contributed by atoms with Crippen molar-refractivity contribution < 1.29 is 4.79 Å². The Morgan fingerprint density at radius 1 is 1.38 bits per heavy atom. The van der Waals surface area contributed by atoms with E-state index in [1.165, 1.54) is 0 Å². The van der Waals surface area contributed by atoms with Crippen molar-refractivity contribution in [3.63, 3.8) is 0 Å². The molecule has 2 aromatic rings. The molecule has 0 unspecified atom stereocenters. The SMILES string of the molecule is Cc1nc(SC(=O)Cc2ccccc2)n[nH]1. The average Bonchev–Trinajstić information content (AvgIpc) is 2.65. The lowest BCUT2D eigenvalue weighted by molar-refractivity contribution is -0.110. The van der Waals surface area contributed by atoms with Crippen LogP contribution in [0, 0.1) is 6.92 Å². The first-order valence-electron chi connectivity index (χ1n) is 4.87. The Morgan fingerprint density at radius 3 is 2.75 bits per heavy atom. The Morgan fingerprint density at radius 2 is 2.12 bits per heavy atom. The smallest absolute Gasteiger partial charge is 0.216 e. The third kappa shape index (κ3) is 2.93. The maximum atomic E-state index is 11.7. The van der Waals surface area contributed by atoms with Crippen LogP contribution in [0.2, 0.25) is 0 Å². The number of H-pyrrole nitrogens is 1. The molecule has 0 bridgehead atoms. The fourth-order valence-corrected chi connectivity index (χ4v) is 1.98. The molecule has 1 heterocycles. The molecule has 0 radical (unpaired) electrons. The summed E-state index contributed by atoms with van der Waals surface area (Å²) in [5, 5.41) is 7.14. The van der Waals surface area contributed by atoms with E-state index in [1.807, 2.05) is 30.3 Å². The lowest BCUT2D eigenvalue weighted by atomic mass is 10.2.